The number of aromatic hydroxyl groups is 1. The zero-order valence-corrected chi connectivity index (χ0v) is 19.1. The lowest BCUT2D eigenvalue weighted by atomic mass is 10.1. The highest BCUT2D eigenvalue weighted by molar-refractivity contribution is 5.92. The van der Waals surface area contributed by atoms with E-state index in [1.165, 1.54) is 18.2 Å². The second kappa shape index (κ2) is 9.60. The molecule has 3 aromatic rings. The Bertz CT molecular complexity index is 1150. The van der Waals surface area contributed by atoms with E-state index in [1.54, 1.807) is 0 Å². The second-order valence-electron chi connectivity index (χ2n) is 9.00. The van der Waals surface area contributed by atoms with E-state index in [-0.39, 0.29) is 29.0 Å². The van der Waals surface area contributed by atoms with Gasteiger partial charge in [-0.05, 0) is 55.0 Å². The maximum Gasteiger partial charge on any atom is 0.407 e. The average molecular weight is 453 g/mol. The Morgan fingerprint density at radius 2 is 2.12 bits per heavy atom. The number of alkyl carbamates (subject to hydrolysis) is 1. The maximum absolute atomic E-state index is 14.6. The lowest BCUT2D eigenvalue weighted by molar-refractivity contribution is 0.132. The fourth-order valence-electron chi connectivity index (χ4n) is 4.02. The van der Waals surface area contributed by atoms with Crippen LogP contribution in [0.1, 0.15) is 25.8 Å². The molecule has 2 N–H and O–H groups in total. The molecule has 1 aliphatic rings. The van der Waals surface area contributed by atoms with Crippen molar-refractivity contribution in [3.63, 3.8) is 0 Å². The van der Waals surface area contributed by atoms with Crippen LogP contribution in [0.3, 0.4) is 0 Å². The van der Waals surface area contributed by atoms with Crippen LogP contribution >= 0.6 is 0 Å². The number of phenols is 1. The summed E-state index contributed by atoms with van der Waals surface area (Å²) in [5.41, 5.74) is 1.71. The summed E-state index contributed by atoms with van der Waals surface area (Å²) in [5.74, 6) is 0.598. The van der Waals surface area contributed by atoms with Crippen molar-refractivity contribution in [2.75, 3.05) is 31.1 Å². The van der Waals surface area contributed by atoms with Crippen molar-refractivity contribution in [1.29, 1.82) is 0 Å². The molecule has 1 fully saturated rings. The summed E-state index contributed by atoms with van der Waals surface area (Å²) in [4.78, 5) is 23.3. The van der Waals surface area contributed by atoms with Crippen molar-refractivity contribution in [3.05, 3.63) is 47.8 Å². The number of nitrogens with one attached hydrogen (secondary N) is 1. The van der Waals surface area contributed by atoms with Crippen molar-refractivity contribution in [1.82, 2.24) is 15.3 Å². The summed E-state index contributed by atoms with van der Waals surface area (Å²) in [6.07, 6.45) is 0.477. The summed E-state index contributed by atoms with van der Waals surface area (Å²) >= 11 is 0. The number of hydrogen-bond donors (Lipinski definition) is 2. The minimum absolute atomic E-state index is 0.00697. The molecule has 0 aliphatic carbocycles. The van der Waals surface area contributed by atoms with Gasteiger partial charge in [-0.25, -0.2) is 19.2 Å². The number of phenolic OH excluding ortho intramolecular Hbond substituents is 1. The molecular formula is C25H29FN4O3. The first-order chi connectivity index (χ1) is 15.8. The van der Waals surface area contributed by atoms with Crippen LogP contribution < -0.4 is 10.2 Å². The molecule has 0 bridgehead atoms. The number of ether oxygens (including phenoxy) is 1. The highest BCUT2D eigenvalue weighted by atomic mass is 19.1. The topological polar surface area (TPSA) is 87.6 Å². The summed E-state index contributed by atoms with van der Waals surface area (Å²) in [5, 5.41) is 14.0. The highest BCUT2D eigenvalue weighted by Crippen LogP contribution is 2.35. The van der Waals surface area contributed by atoms with Gasteiger partial charge in [0, 0.05) is 25.0 Å². The average Bonchev–Trinajstić information content (AvgIpc) is 3.24. The van der Waals surface area contributed by atoms with E-state index in [9.17, 15) is 14.3 Å². The molecule has 1 unspecified atom stereocenters. The molecule has 8 heteroatoms. The van der Waals surface area contributed by atoms with E-state index in [0.29, 0.717) is 31.0 Å². The zero-order chi connectivity index (χ0) is 23.5. The van der Waals surface area contributed by atoms with E-state index >= 15 is 0 Å². The third-order valence-corrected chi connectivity index (χ3v) is 5.72. The van der Waals surface area contributed by atoms with E-state index in [4.69, 9.17) is 4.74 Å². The van der Waals surface area contributed by atoms with Crippen LogP contribution in [-0.4, -0.2) is 47.4 Å². The van der Waals surface area contributed by atoms with Gasteiger partial charge in [0.05, 0.1) is 17.7 Å². The SMILES string of the molecule is Cc1ccc2c(N3CCC(CNC(=O)OCC(C)C)C3)nc(-c3c(O)cccc3F)nc2c1. The largest absolute Gasteiger partial charge is 0.507 e. The first kappa shape index (κ1) is 22.8. The Labute approximate surface area is 192 Å². The molecule has 1 amide bonds. The number of carbonyl (C=O) groups excluding carboxylic acids is 1. The maximum atomic E-state index is 14.6. The highest BCUT2D eigenvalue weighted by Gasteiger charge is 2.27. The number of anilines is 1. The Morgan fingerprint density at radius 1 is 1.30 bits per heavy atom. The first-order valence-corrected chi connectivity index (χ1v) is 11.2. The van der Waals surface area contributed by atoms with E-state index in [0.717, 1.165) is 23.9 Å². The number of nitrogens with zero attached hydrogens (tertiary/aromatic N) is 3. The van der Waals surface area contributed by atoms with Crippen molar-refractivity contribution in [2.24, 2.45) is 11.8 Å². The van der Waals surface area contributed by atoms with Crippen LogP contribution in [0.25, 0.3) is 22.3 Å². The fraction of sp³-hybridized carbons (Fsp3) is 0.400. The Kier molecular flexibility index (Phi) is 6.62. The fourth-order valence-corrected chi connectivity index (χ4v) is 4.02. The minimum Gasteiger partial charge on any atom is -0.507 e. The van der Waals surface area contributed by atoms with Gasteiger partial charge in [0.1, 0.15) is 17.4 Å². The second-order valence-corrected chi connectivity index (χ2v) is 9.00. The Balaban J connectivity index is 1.59. The molecule has 1 atom stereocenters. The molecule has 174 valence electrons. The molecule has 0 saturated carbocycles. The van der Waals surface area contributed by atoms with E-state index in [1.807, 2.05) is 39.0 Å². The minimum atomic E-state index is -0.573. The zero-order valence-electron chi connectivity index (χ0n) is 19.1. The predicted octanol–water partition coefficient (Wildman–Crippen LogP) is 4.66. The van der Waals surface area contributed by atoms with Crippen LogP contribution in [0.15, 0.2) is 36.4 Å². The number of aromatic nitrogens is 2. The molecule has 2 aromatic carbocycles. The van der Waals surface area contributed by atoms with Gasteiger partial charge in [0.25, 0.3) is 0 Å². The van der Waals surface area contributed by atoms with Crippen molar-refractivity contribution in [3.8, 4) is 17.1 Å². The van der Waals surface area contributed by atoms with Crippen LogP contribution in [0.4, 0.5) is 15.0 Å². The van der Waals surface area contributed by atoms with Crippen LogP contribution in [0.5, 0.6) is 5.75 Å². The number of carbonyl (C=O) groups is 1. The quantitative estimate of drug-likeness (QED) is 0.566. The number of halogens is 1. The molecule has 0 spiro atoms. The van der Waals surface area contributed by atoms with Gasteiger partial charge in [-0.15, -0.1) is 0 Å². The van der Waals surface area contributed by atoms with Crippen LogP contribution in [0.2, 0.25) is 0 Å². The molecule has 2 heterocycles. The Hall–Kier alpha value is -3.42. The standard InChI is InChI=1S/C25H29FN4O3/c1-15(2)14-33-25(32)27-12-17-9-10-30(13-17)24-18-8-7-16(3)11-20(18)28-23(29-24)22-19(26)5-4-6-21(22)31/h4-8,11,15,17,31H,9-10,12-14H2,1-3H3,(H,27,32). The van der Waals surface area contributed by atoms with Gasteiger partial charge in [-0.3, -0.25) is 0 Å². The van der Waals surface area contributed by atoms with Gasteiger partial charge in [0.15, 0.2) is 5.82 Å². The third kappa shape index (κ3) is 5.16. The number of benzene rings is 2. The molecule has 4 rings (SSSR count). The number of fused-ring (bicyclic) bond motifs is 1. The molecule has 1 aromatic heterocycles. The number of aryl methyl sites for hydroxylation is 1. The van der Waals surface area contributed by atoms with Crippen molar-refractivity contribution in [2.45, 2.75) is 27.2 Å². The van der Waals surface area contributed by atoms with Gasteiger partial charge in [-0.1, -0.05) is 26.0 Å². The van der Waals surface area contributed by atoms with Crippen molar-refractivity contribution >= 4 is 22.8 Å². The van der Waals surface area contributed by atoms with Gasteiger partial charge in [-0.2, -0.15) is 0 Å². The lowest BCUT2D eigenvalue weighted by Gasteiger charge is -2.21. The monoisotopic (exact) mass is 452 g/mol. The van der Waals surface area contributed by atoms with Gasteiger partial charge in [0.2, 0.25) is 0 Å². The number of amides is 1. The first-order valence-electron chi connectivity index (χ1n) is 11.2. The van der Waals surface area contributed by atoms with E-state index < -0.39 is 11.9 Å². The summed E-state index contributed by atoms with van der Waals surface area (Å²) in [7, 11) is 0. The van der Waals surface area contributed by atoms with Gasteiger partial charge < -0.3 is 20.1 Å². The third-order valence-electron chi connectivity index (χ3n) is 5.72. The summed E-state index contributed by atoms with van der Waals surface area (Å²) < 4.78 is 19.8. The molecule has 1 saturated heterocycles. The summed E-state index contributed by atoms with van der Waals surface area (Å²) in [6.45, 7) is 8.29. The van der Waals surface area contributed by atoms with Crippen molar-refractivity contribution < 1.29 is 19.0 Å². The molecule has 0 radical (unpaired) electrons. The van der Waals surface area contributed by atoms with Gasteiger partial charge >= 0.3 is 6.09 Å². The lowest BCUT2D eigenvalue weighted by Crippen LogP contribution is -2.32. The number of rotatable bonds is 6. The van der Waals surface area contributed by atoms with Crippen LogP contribution in [-0.2, 0) is 4.74 Å². The summed E-state index contributed by atoms with van der Waals surface area (Å²) in [6, 6.07) is 10.1. The smallest absolute Gasteiger partial charge is 0.407 e. The number of hydrogen-bond acceptors (Lipinski definition) is 6. The normalized spacial score (nSPS) is 15.9. The molecular weight excluding hydrogens is 423 g/mol. The molecule has 7 nitrogen and oxygen atoms in total. The van der Waals surface area contributed by atoms with Crippen LogP contribution in [0, 0.1) is 24.6 Å². The van der Waals surface area contributed by atoms with E-state index in [2.05, 4.69) is 20.2 Å². The Morgan fingerprint density at radius 3 is 2.88 bits per heavy atom. The molecule has 33 heavy (non-hydrogen) atoms. The molecule has 1 aliphatic heterocycles. The predicted molar refractivity (Wildman–Crippen MR) is 126 cm³/mol.